The van der Waals surface area contributed by atoms with E-state index in [1.807, 2.05) is 0 Å². The standard InChI is InChI=1S/C21H35BrN4O6/c1-14(12-22)19(30)32-21(3,4)10-6-5-9-17(28)25-13-18(29)26-16(15(2)27)8-7-11-24-20(23)31/h16H,1,5-13H2,2-4H3,(H,25,28)(H,26,29)(H3,23,24,31). The normalized spacial score (nSPS) is 11.8. The third kappa shape index (κ3) is 14.6. The minimum atomic E-state index is -0.695. The van der Waals surface area contributed by atoms with Gasteiger partial charge in [0.25, 0.3) is 0 Å². The molecule has 0 aromatic rings. The van der Waals surface area contributed by atoms with Gasteiger partial charge >= 0.3 is 12.0 Å². The molecule has 0 aromatic carbocycles. The van der Waals surface area contributed by atoms with Gasteiger partial charge < -0.3 is 26.4 Å². The van der Waals surface area contributed by atoms with Crippen molar-refractivity contribution in [2.75, 3.05) is 18.4 Å². The van der Waals surface area contributed by atoms with Gasteiger partial charge in [-0.1, -0.05) is 22.5 Å². The van der Waals surface area contributed by atoms with E-state index in [1.54, 1.807) is 13.8 Å². The Morgan fingerprint density at radius 2 is 1.72 bits per heavy atom. The SMILES string of the molecule is C=C(CBr)C(=O)OC(C)(C)CCCCC(=O)NCC(=O)NC(CCCNC(N)=O)C(C)=O. The van der Waals surface area contributed by atoms with E-state index in [4.69, 9.17) is 10.5 Å². The molecule has 11 heteroatoms. The maximum absolute atomic E-state index is 12.0. The molecule has 0 aliphatic carbocycles. The number of carbonyl (C=O) groups is 5. The third-order valence-electron chi connectivity index (χ3n) is 4.49. The molecule has 0 aliphatic heterocycles. The van der Waals surface area contributed by atoms with Gasteiger partial charge in [0.05, 0.1) is 12.6 Å². The van der Waals surface area contributed by atoms with Crippen molar-refractivity contribution in [3.63, 3.8) is 0 Å². The summed E-state index contributed by atoms with van der Waals surface area (Å²) in [6.07, 6.45) is 2.84. The average Bonchev–Trinajstić information content (AvgIpc) is 2.70. The molecule has 0 radical (unpaired) electrons. The average molecular weight is 519 g/mol. The quantitative estimate of drug-likeness (QED) is 0.105. The maximum Gasteiger partial charge on any atom is 0.334 e. The molecule has 182 valence electrons. The molecule has 1 atom stereocenters. The first kappa shape index (κ1) is 29.6. The first-order valence-electron chi connectivity index (χ1n) is 10.4. The number of ketones is 1. The second-order valence-corrected chi connectivity index (χ2v) is 8.59. The van der Waals surface area contributed by atoms with Gasteiger partial charge in [-0.05, 0) is 52.9 Å². The number of esters is 1. The molecule has 32 heavy (non-hydrogen) atoms. The van der Waals surface area contributed by atoms with E-state index in [1.165, 1.54) is 6.92 Å². The number of urea groups is 1. The highest BCUT2D eigenvalue weighted by Crippen LogP contribution is 2.20. The van der Waals surface area contributed by atoms with Gasteiger partial charge in [0.15, 0.2) is 5.78 Å². The second kappa shape index (κ2) is 15.4. The van der Waals surface area contributed by atoms with E-state index >= 15 is 0 Å². The van der Waals surface area contributed by atoms with Crippen LogP contribution in [0.2, 0.25) is 0 Å². The summed E-state index contributed by atoms with van der Waals surface area (Å²) in [6.45, 7) is 8.64. The van der Waals surface area contributed by atoms with Crippen molar-refractivity contribution in [3.8, 4) is 0 Å². The number of ether oxygens (including phenoxy) is 1. The van der Waals surface area contributed by atoms with E-state index < -0.39 is 29.6 Å². The first-order valence-corrected chi connectivity index (χ1v) is 11.6. The van der Waals surface area contributed by atoms with Crippen molar-refractivity contribution in [2.24, 2.45) is 5.73 Å². The molecular weight excluding hydrogens is 484 g/mol. The number of hydrogen-bond acceptors (Lipinski definition) is 6. The van der Waals surface area contributed by atoms with Crippen molar-refractivity contribution >= 4 is 45.5 Å². The largest absolute Gasteiger partial charge is 0.456 e. The Balaban J connectivity index is 4.17. The minimum absolute atomic E-state index is 0.216. The van der Waals surface area contributed by atoms with Gasteiger partial charge in [-0.3, -0.25) is 14.4 Å². The number of hydrogen-bond donors (Lipinski definition) is 4. The van der Waals surface area contributed by atoms with Crippen molar-refractivity contribution in [2.45, 2.75) is 70.9 Å². The summed E-state index contributed by atoms with van der Waals surface area (Å²) < 4.78 is 5.40. The number of halogens is 1. The van der Waals surface area contributed by atoms with Crippen LogP contribution in [-0.2, 0) is 23.9 Å². The number of alkyl halides is 1. The van der Waals surface area contributed by atoms with Crippen LogP contribution in [0.15, 0.2) is 12.2 Å². The third-order valence-corrected chi connectivity index (χ3v) is 5.17. The lowest BCUT2D eigenvalue weighted by atomic mass is 10.00. The van der Waals surface area contributed by atoms with E-state index in [-0.39, 0.29) is 24.7 Å². The van der Waals surface area contributed by atoms with Crippen LogP contribution in [0.3, 0.4) is 0 Å². The van der Waals surface area contributed by atoms with Gasteiger partial charge in [-0.2, -0.15) is 0 Å². The number of unbranched alkanes of at least 4 members (excludes halogenated alkanes) is 1. The summed E-state index contributed by atoms with van der Waals surface area (Å²) in [7, 11) is 0. The Labute approximate surface area is 197 Å². The lowest BCUT2D eigenvalue weighted by molar-refractivity contribution is -0.152. The summed E-state index contributed by atoms with van der Waals surface area (Å²) in [4.78, 5) is 58.1. The Bertz CT molecular complexity index is 696. The van der Waals surface area contributed by atoms with Crippen molar-refractivity contribution in [1.82, 2.24) is 16.0 Å². The first-order chi connectivity index (χ1) is 14.9. The summed E-state index contributed by atoms with van der Waals surface area (Å²) in [5.41, 5.74) is 4.63. The van der Waals surface area contributed by atoms with E-state index in [9.17, 15) is 24.0 Å². The molecule has 0 aromatic heterocycles. The predicted molar refractivity (Wildman–Crippen MR) is 124 cm³/mol. The van der Waals surface area contributed by atoms with Gasteiger partial charge in [0.2, 0.25) is 11.8 Å². The fourth-order valence-electron chi connectivity index (χ4n) is 2.67. The number of rotatable bonds is 16. The second-order valence-electron chi connectivity index (χ2n) is 8.03. The smallest absolute Gasteiger partial charge is 0.334 e. The fourth-order valence-corrected chi connectivity index (χ4v) is 2.90. The molecule has 0 spiro atoms. The number of amides is 4. The van der Waals surface area contributed by atoms with Crippen LogP contribution in [0.25, 0.3) is 0 Å². The summed E-state index contributed by atoms with van der Waals surface area (Å²) in [5.74, 6) is -1.43. The summed E-state index contributed by atoms with van der Waals surface area (Å²) >= 11 is 3.16. The van der Waals surface area contributed by atoms with Crippen LogP contribution in [0.4, 0.5) is 4.79 Å². The Morgan fingerprint density at radius 3 is 2.28 bits per heavy atom. The van der Waals surface area contributed by atoms with Gasteiger partial charge in [0, 0.05) is 23.9 Å². The van der Waals surface area contributed by atoms with E-state index in [0.29, 0.717) is 49.6 Å². The Morgan fingerprint density at radius 1 is 1.06 bits per heavy atom. The Kier molecular flexibility index (Phi) is 14.2. The molecule has 0 rings (SSSR count). The lowest BCUT2D eigenvalue weighted by Crippen LogP contribution is -2.45. The number of nitrogens with one attached hydrogen (secondary N) is 3. The summed E-state index contributed by atoms with van der Waals surface area (Å²) in [6, 6.07) is -1.35. The summed E-state index contributed by atoms with van der Waals surface area (Å²) in [5, 5.41) is 7.85. The lowest BCUT2D eigenvalue weighted by Gasteiger charge is -2.25. The van der Waals surface area contributed by atoms with Crippen LogP contribution < -0.4 is 21.7 Å². The molecule has 10 nitrogen and oxygen atoms in total. The zero-order chi connectivity index (χ0) is 24.7. The Hall–Kier alpha value is -2.43. The van der Waals surface area contributed by atoms with Crippen LogP contribution in [0.5, 0.6) is 0 Å². The molecule has 5 N–H and O–H groups in total. The number of Topliss-reactive ketones (excluding diaryl/α,β-unsaturated/α-hetero) is 1. The van der Waals surface area contributed by atoms with Gasteiger partial charge in [0.1, 0.15) is 5.60 Å². The number of primary amides is 1. The monoisotopic (exact) mass is 518 g/mol. The van der Waals surface area contributed by atoms with Crippen LogP contribution in [0.1, 0.15) is 59.3 Å². The topological polar surface area (TPSA) is 157 Å². The van der Waals surface area contributed by atoms with Gasteiger partial charge in [-0.15, -0.1) is 0 Å². The van der Waals surface area contributed by atoms with Crippen molar-refractivity contribution < 1.29 is 28.7 Å². The highest BCUT2D eigenvalue weighted by atomic mass is 79.9. The zero-order valence-electron chi connectivity index (χ0n) is 19.1. The molecule has 1 unspecified atom stereocenters. The van der Waals surface area contributed by atoms with E-state index in [0.717, 1.165) is 0 Å². The molecular formula is C21H35BrN4O6. The van der Waals surface area contributed by atoms with Gasteiger partial charge in [-0.25, -0.2) is 9.59 Å². The number of nitrogens with two attached hydrogens (primary N) is 1. The maximum atomic E-state index is 12.0. The minimum Gasteiger partial charge on any atom is -0.456 e. The molecule has 0 bridgehead atoms. The van der Waals surface area contributed by atoms with Crippen molar-refractivity contribution in [3.05, 3.63) is 12.2 Å². The molecule has 4 amide bonds. The van der Waals surface area contributed by atoms with Crippen LogP contribution in [0, 0.1) is 0 Å². The predicted octanol–water partition coefficient (Wildman–Crippen LogP) is 1.46. The molecule has 0 saturated carbocycles. The highest BCUT2D eigenvalue weighted by molar-refractivity contribution is 9.09. The molecule has 0 fully saturated rings. The zero-order valence-corrected chi connectivity index (χ0v) is 20.6. The molecule has 0 saturated heterocycles. The fraction of sp³-hybridized carbons (Fsp3) is 0.667. The van der Waals surface area contributed by atoms with Crippen molar-refractivity contribution in [1.29, 1.82) is 0 Å². The van der Waals surface area contributed by atoms with Crippen LogP contribution >= 0.6 is 15.9 Å². The van der Waals surface area contributed by atoms with E-state index in [2.05, 4.69) is 38.5 Å². The highest BCUT2D eigenvalue weighted by Gasteiger charge is 2.23. The molecule has 0 heterocycles. The van der Waals surface area contributed by atoms with Crippen LogP contribution in [-0.4, -0.2) is 59.7 Å². The number of carbonyl (C=O) groups excluding carboxylic acids is 5. The molecule has 0 aliphatic rings.